The normalized spacial score (nSPS) is 10.4. The summed E-state index contributed by atoms with van der Waals surface area (Å²) in [7, 11) is 1.61. The van der Waals surface area contributed by atoms with Crippen LogP contribution in [0.5, 0.6) is 11.6 Å². The van der Waals surface area contributed by atoms with E-state index in [9.17, 15) is 0 Å². The number of nitrogens with zero attached hydrogens (tertiary/aromatic N) is 2. The Morgan fingerprint density at radius 2 is 1.95 bits per heavy atom. The van der Waals surface area contributed by atoms with Crippen LogP contribution in [0, 0.1) is 0 Å². The lowest BCUT2D eigenvalue weighted by atomic mass is 10.3. The quantitative estimate of drug-likeness (QED) is 0.872. The second-order valence-electron chi connectivity index (χ2n) is 4.43. The molecule has 106 valence electrons. The Balaban J connectivity index is 2.29. The smallest absolute Gasteiger partial charge is 0.242 e. The molecule has 0 atom stereocenters. The van der Waals surface area contributed by atoms with Crippen LogP contribution < -0.4 is 20.5 Å². The summed E-state index contributed by atoms with van der Waals surface area (Å²) in [6, 6.07) is 7.52. The van der Waals surface area contributed by atoms with Crippen molar-refractivity contribution in [1.82, 2.24) is 9.97 Å². The third-order valence-electron chi connectivity index (χ3n) is 2.55. The van der Waals surface area contributed by atoms with Crippen LogP contribution in [0.15, 0.2) is 30.6 Å². The van der Waals surface area contributed by atoms with Crippen LogP contribution in [0.3, 0.4) is 0 Å². The Labute approximate surface area is 118 Å². The van der Waals surface area contributed by atoms with Crippen molar-refractivity contribution in [3.05, 3.63) is 30.6 Å². The van der Waals surface area contributed by atoms with Gasteiger partial charge in [0.2, 0.25) is 5.88 Å². The summed E-state index contributed by atoms with van der Waals surface area (Å²) < 4.78 is 10.8. The monoisotopic (exact) mass is 274 g/mol. The number of ether oxygens (including phenoxy) is 2. The molecule has 2 aromatic rings. The predicted molar refractivity (Wildman–Crippen MR) is 78.5 cm³/mol. The Hall–Kier alpha value is -2.50. The van der Waals surface area contributed by atoms with Gasteiger partial charge in [-0.25, -0.2) is 4.98 Å². The average Bonchev–Trinajstić information content (AvgIpc) is 2.43. The topological polar surface area (TPSA) is 82.3 Å². The summed E-state index contributed by atoms with van der Waals surface area (Å²) in [4.78, 5) is 8.17. The molecule has 0 spiro atoms. The van der Waals surface area contributed by atoms with Crippen molar-refractivity contribution in [2.45, 2.75) is 20.0 Å². The van der Waals surface area contributed by atoms with E-state index in [0.29, 0.717) is 23.1 Å². The zero-order chi connectivity index (χ0) is 14.5. The third-order valence-corrected chi connectivity index (χ3v) is 2.55. The Morgan fingerprint density at radius 1 is 1.20 bits per heavy atom. The van der Waals surface area contributed by atoms with Crippen LogP contribution in [0.25, 0.3) is 0 Å². The molecule has 6 nitrogen and oxygen atoms in total. The van der Waals surface area contributed by atoms with E-state index in [4.69, 9.17) is 15.2 Å². The molecule has 0 aliphatic carbocycles. The maximum absolute atomic E-state index is 6.02. The molecule has 0 saturated carbocycles. The summed E-state index contributed by atoms with van der Waals surface area (Å²) in [5.41, 5.74) is 7.16. The fourth-order valence-electron chi connectivity index (χ4n) is 1.67. The highest BCUT2D eigenvalue weighted by Gasteiger charge is 2.12. The van der Waals surface area contributed by atoms with Crippen LogP contribution in [0.1, 0.15) is 13.8 Å². The van der Waals surface area contributed by atoms with E-state index in [-0.39, 0.29) is 6.10 Å². The summed E-state index contributed by atoms with van der Waals surface area (Å²) >= 11 is 0. The van der Waals surface area contributed by atoms with E-state index in [1.807, 2.05) is 38.1 Å². The lowest BCUT2D eigenvalue weighted by Gasteiger charge is -2.15. The molecule has 3 N–H and O–H groups in total. The molecule has 1 aromatic heterocycles. The van der Waals surface area contributed by atoms with Gasteiger partial charge in [-0.3, -0.25) is 0 Å². The van der Waals surface area contributed by atoms with Gasteiger partial charge in [-0.15, -0.1) is 0 Å². The lowest BCUT2D eigenvalue weighted by Crippen LogP contribution is -2.11. The number of methoxy groups -OCH3 is 1. The SMILES string of the molecule is COc1ccccc1Nc1ncnc(OC(C)C)c1N. The molecule has 6 heteroatoms. The molecule has 0 saturated heterocycles. The molecule has 20 heavy (non-hydrogen) atoms. The number of nitrogens with two attached hydrogens (primary N) is 1. The summed E-state index contributed by atoms with van der Waals surface area (Å²) in [6.45, 7) is 3.82. The Kier molecular flexibility index (Phi) is 4.24. The largest absolute Gasteiger partial charge is 0.495 e. The molecule has 0 aliphatic heterocycles. The molecular weight excluding hydrogens is 256 g/mol. The number of aromatic nitrogens is 2. The first-order valence-corrected chi connectivity index (χ1v) is 6.29. The number of rotatable bonds is 5. The van der Waals surface area contributed by atoms with Crippen molar-refractivity contribution in [2.75, 3.05) is 18.2 Å². The first-order valence-electron chi connectivity index (χ1n) is 6.29. The molecule has 0 fully saturated rings. The molecule has 1 aromatic carbocycles. The van der Waals surface area contributed by atoms with E-state index in [1.165, 1.54) is 6.33 Å². The van der Waals surface area contributed by atoms with Gasteiger partial charge in [-0.1, -0.05) is 12.1 Å². The van der Waals surface area contributed by atoms with Crippen molar-refractivity contribution >= 4 is 17.2 Å². The highest BCUT2D eigenvalue weighted by atomic mass is 16.5. The fourth-order valence-corrected chi connectivity index (χ4v) is 1.67. The van der Waals surface area contributed by atoms with Crippen LogP contribution >= 0.6 is 0 Å². The number of anilines is 3. The molecule has 1 heterocycles. The number of para-hydroxylation sites is 2. The van der Waals surface area contributed by atoms with Gasteiger partial charge in [0.1, 0.15) is 17.8 Å². The lowest BCUT2D eigenvalue weighted by molar-refractivity contribution is 0.234. The van der Waals surface area contributed by atoms with E-state index < -0.39 is 0 Å². The van der Waals surface area contributed by atoms with E-state index >= 15 is 0 Å². The van der Waals surface area contributed by atoms with Gasteiger partial charge in [0.25, 0.3) is 0 Å². The highest BCUT2D eigenvalue weighted by molar-refractivity contribution is 5.74. The highest BCUT2D eigenvalue weighted by Crippen LogP contribution is 2.31. The van der Waals surface area contributed by atoms with E-state index in [2.05, 4.69) is 15.3 Å². The molecular formula is C14H18N4O2. The summed E-state index contributed by atoms with van der Waals surface area (Å²) in [6.07, 6.45) is 1.40. The number of nitrogens with one attached hydrogen (secondary N) is 1. The van der Waals surface area contributed by atoms with Crippen LogP contribution in [0.4, 0.5) is 17.2 Å². The van der Waals surface area contributed by atoms with Crippen molar-refractivity contribution in [1.29, 1.82) is 0 Å². The van der Waals surface area contributed by atoms with Crippen molar-refractivity contribution in [2.24, 2.45) is 0 Å². The zero-order valence-electron chi connectivity index (χ0n) is 11.8. The van der Waals surface area contributed by atoms with Crippen molar-refractivity contribution in [3.63, 3.8) is 0 Å². The molecule has 0 radical (unpaired) electrons. The minimum Gasteiger partial charge on any atom is -0.495 e. The minimum absolute atomic E-state index is 0.00805. The molecule has 2 rings (SSSR count). The second kappa shape index (κ2) is 6.10. The number of hydrogen-bond donors (Lipinski definition) is 2. The number of hydrogen-bond acceptors (Lipinski definition) is 6. The van der Waals surface area contributed by atoms with Crippen molar-refractivity contribution < 1.29 is 9.47 Å². The van der Waals surface area contributed by atoms with Crippen LogP contribution in [-0.2, 0) is 0 Å². The molecule has 0 aliphatic rings. The van der Waals surface area contributed by atoms with Gasteiger partial charge < -0.3 is 20.5 Å². The maximum Gasteiger partial charge on any atom is 0.242 e. The number of benzene rings is 1. The van der Waals surface area contributed by atoms with Gasteiger partial charge in [0.15, 0.2) is 5.82 Å². The Morgan fingerprint density at radius 3 is 2.65 bits per heavy atom. The number of nitrogen functional groups attached to an aromatic ring is 1. The molecule has 0 unspecified atom stereocenters. The fraction of sp³-hybridized carbons (Fsp3) is 0.286. The minimum atomic E-state index is -0.00805. The van der Waals surface area contributed by atoms with Crippen LogP contribution in [0.2, 0.25) is 0 Å². The van der Waals surface area contributed by atoms with Gasteiger partial charge in [0, 0.05) is 0 Å². The van der Waals surface area contributed by atoms with Gasteiger partial charge >= 0.3 is 0 Å². The summed E-state index contributed by atoms with van der Waals surface area (Å²) in [5, 5.41) is 3.12. The van der Waals surface area contributed by atoms with E-state index in [0.717, 1.165) is 5.69 Å². The average molecular weight is 274 g/mol. The maximum atomic E-state index is 6.02. The van der Waals surface area contributed by atoms with Gasteiger partial charge in [-0.05, 0) is 26.0 Å². The van der Waals surface area contributed by atoms with Gasteiger partial charge in [-0.2, -0.15) is 4.98 Å². The first-order chi connectivity index (χ1) is 9.61. The molecule has 0 amide bonds. The van der Waals surface area contributed by atoms with Crippen molar-refractivity contribution in [3.8, 4) is 11.6 Å². The van der Waals surface area contributed by atoms with E-state index in [1.54, 1.807) is 7.11 Å². The zero-order valence-corrected chi connectivity index (χ0v) is 11.8. The predicted octanol–water partition coefficient (Wildman–Crippen LogP) is 2.60. The first kappa shape index (κ1) is 13.9. The standard InChI is InChI=1S/C14H18N4O2/c1-9(2)20-14-12(15)13(16-8-17-14)18-10-6-4-5-7-11(10)19-3/h4-9H,15H2,1-3H3,(H,16,17,18). The van der Waals surface area contributed by atoms with Gasteiger partial charge in [0.05, 0.1) is 18.9 Å². The summed E-state index contributed by atoms with van der Waals surface area (Å²) in [5.74, 6) is 1.56. The molecule has 0 bridgehead atoms. The second-order valence-corrected chi connectivity index (χ2v) is 4.43. The third kappa shape index (κ3) is 3.09. The Bertz CT molecular complexity index is 587. The van der Waals surface area contributed by atoms with Crippen LogP contribution in [-0.4, -0.2) is 23.2 Å².